The second-order valence-electron chi connectivity index (χ2n) is 6.86. The van der Waals surface area contributed by atoms with Crippen molar-refractivity contribution in [2.24, 2.45) is 13.0 Å². The van der Waals surface area contributed by atoms with E-state index in [0.29, 0.717) is 17.6 Å². The summed E-state index contributed by atoms with van der Waals surface area (Å²) in [6.45, 7) is 2.36. The predicted molar refractivity (Wildman–Crippen MR) is 93.7 cm³/mol. The lowest BCUT2D eigenvalue weighted by Gasteiger charge is -2.18. The van der Waals surface area contributed by atoms with Gasteiger partial charge in [0.2, 0.25) is 5.95 Å². The molecule has 0 saturated heterocycles. The first kappa shape index (κ1) is 16.0. The Morgan fingerprint density at radius 3 is 2.74 bits per heavy atom. The zero-order valence-corrected chi connectivity index (χ0v) is 14.1. The summed E-state index contributed by atoms with van der Waals surface area (Å²) in [5, 5.41) is 4.38. The number of fused-ring (bicyclic) bond motifs is 1. The van der Waals surface area contributed by atoms with E-state index in [1.165, 1.54) is 44.9 Å². The lowest BCUT2D eigenvalue weighted by Crippen LogP contribution is -2.22. The minimum atomic E-state index is -0.0430. The van der Waals surface area contributed by atoms with Crippen LogP contribution in [0.3, 0.4) is 0 Å². The average Bonchev–Trinajstić information content (AvgIpc) is 2.64. The summed E-state index contributed by atoms with van der Waals surface area (Å²) in [6.07, 6.45) is 10.6. The molecule has 0 spiro atoms. The Labute approximate surface area is 137 Å². The summed E-state index contributed by atoms with van der Waals surface area (Å²) in [5.74, 6) is 1.48. The molecule has 1 fully saturated rings. The van der Waals surface area contributed by atoms with Crippen molar-refractivity contribution < 1.29 is 0 Å². The van der Waals surface area contributed by atoms with Crippen LogP contribution in [0.15, 0.2) is 23.1 Å². The topological polar surface area (TPSA) is 59.8 Å². The van der Waals surface area contributed by atoms with Crippen molar-refractivity contribution >= 4 is 17.0 Å². The first-order chi connectivity index (χ1) is 11.1. The molecule has 5 nitrogen and oxygen atoms in total. The van der Waals surface area contributed by atoms with Crippen LogP contribution in [0.25, 0.3) is 11.0 Å². The van der Waals surface area contributed by atoms with Gasteiger partial charge in [-0.3, -0.25) is 9.36 Å². The number of nitrogens with zero attached hydrogens (tertiary/aromatic N) is 3. The van der Waals surface area contributed by atoms with Crippen LogP contribution in [0.4, 0.5) is 5.95 Å². The van der Waals surface area contributed by atoms with Gasteiger partial charge >= 0.3 is 0 Å². The van der Waals surface area contributed by atoms with Crippen LogP contribution in [0.1, 0.15) is 51.9 Å². The van der Waals surface area contributed by atoms with Gasteiger partial charge in [0, 0.05) is 30.7 Å². The maximum Gasteiger partial charge on any atom is 0.251 e. The molecule has 1 aliphatic carbocycles. The largest absolute Gasteiger partial charge is 0.351 e. The molecule has 1 aliphatic rings. The fraction of sp³-hybridized carbons (Fsp3) is 0.611. The smallest absolute Gasteiger partial charge is 0.251 e. The van der Waals surface area contributed by atoms with Crippen LogP contribution in [-0.4, -0.2) is 20.6 Å². The van der Waals surface area contributed by atoms with Crippen LogP contribution >= 0.6 is 0 Å². The first-order valence-electron chi connectivity index (χ1n) is 8.73. The number of aromatic nitrogens is 3. The fourth-order valence-electron chi connectivity index (χ4n) is 3.43. The molecule has 0 bridgehead atoms. The molecule has 1 saturated carbocycles. The molecule has 1 N–H and O–H groups in total. The molecule has 0 aliphatic heterocycles. The average molecular weight is 314 g/mol. The van der Waals surface area contributed by atoms with Crippen LogP contribution in [0.5, 0.6) is 0 Å². The zero-order chi connectivity index (χ0) is 16.2. The highest BCUT2D eigenvalue weighted by Gasteiger charge is 2.14. The van der Waals surface area contributed by atoms with Gasteiger partial charge in [-0.15, -0.1) is 0 Å². The number of hydrogen-bond donors (Lipinski definition) is 1. The van der Waals surface area contributed by atoms with Gasteiger partial charge in [-0.1, -0.05) is 39.0 Å². The normalized spacial score (nSPS) is 23.0. The van der Waals surface area contributed by atoms with Crippen molar-refractivity contribution in [2.75, 3.05) is 5.32 Å². The Morgan fingerprint density at radius 2 is 1.87 bits per heavy atom. The number of anilines is 1. The van der Waals surface area contributed by atoms with Crippen molar-refractivity contribution in [1.82, 2.24) is 14.5 Å². The standard InChI is InChI=1S/C18H26N4O/c1-13-6-3-4-8-15(9-5-7-13)20-18-19-12-14-10-11-16(23)22(2)17(14)21-18/h10-13,15H,3-9H2,1-2H3,(H,19,20,21). The number of pyridine rings is 1. The van der Waals surface area contributed by atoms with Gasteiger partial charge in [-0.25, -0.2) is 4.98 Å². The molecule has 0 amide bonds. The SMILES string of the molecule is CC1CCCCC(Nc2ncc3ccc(=O)n(C)c3n2)CCC1. The number of hydrogen-bond acceptors (Lipinski definition) is 4. The molecule has 2 unspecified atom stereocenters. The van der Waals surface area contributed by atoms with Gasteiger partial charge in [0.15, 0.2) is 0 Å². The molecule has 5 heteroatoms. The van der Waals surface area contributed by atoms with E-state index in [9.17, 15) is 4.79 Å². The molecular formula is C18H26N4O. The Morgan fingerprint density at radius 1 is 1.13 bits per heavy atom. The van der Waals surface area contributed by atoms with E-state index >= 15 is 0 Å². The Kier molecular flexibility index (Phi) is 4.94. The lowest BCUT2D eigenvalue weighted by atomic mass is 9.99. The van der Waals surface area contributed by atoms with E-state index in [1.54, 1.807) is 29.9 Å². The number of rotatable bonds is 2. The van der Waals surface area contributed by atoms with Gasteiger partial charge in [-0.2, -0.15) is 4.98 Å². The van der Waals surface area contributed by atoms with Crippen molar-refractivity contribution in [1.29, 1.82) is 0 Å². The van der Waals surface area contributed by atoms with Crippen molar-refractivity contribution in [3.05, 3.63) is 28.7 Å². The van der Waals surface area contributed by atoms with Crippen molar-refractivity contribution in [3.63, 3.8) is 0 Å². The summed E-state index contributed by atoms with van der Waals surface area (Å²) in [4.78, 5) is 20.8. The van der Waals surface area contributed by atoms with E-state index < -0.39 is 0 Å². The molecule has 3 rings (SSSR count). The van der Waals surface area contributed by atoms with Crippen LogP contribution in [0, 0.1) is 5.92 Å². The molecule has 124 valence electrons. The summed E-state index contributed by atoms with van der Waals surface area (Å²) in [5.41, 5.74) is 0.644. The zero-order valence-electron chi connectivity index (χ0n) is 14.1. The quantitative estimate of drug-likeness (QED) is 0.922. The van der Waals surface area contributed by atoms with Crippen LogP contribution < -0.4 is 10.9 Å². The van der Waals surface area contributed by atoms with E-state index in [4.69, 9.17) is 0 Å². The summed E-state index contributed by atoms with van der Waals surface area (Å²) in [7, 11) is 1.75. The third kappa shape index (κ3) is 3.89. The first-order valence-corrected chi connectivity index (χ1v) is 8.73. The Hall–Kier alpha value is -1.91. The second-order valence-corrected chi connectivity index (χ2v) is 6.86. The molecule has 2 heterocycles. The Bertz CT molecular complexity index is 725. The molecule has 0 aromatic carbocycles. The van der Waals surface area contributed by atoms with Crippen LogP contribution in [0.2, 0.25) is 0 Å². The predicted octanol–water partition coefficient (Wildman–Crippen LogP) is 3.49. The third-order valence-corrected chi connectivity index (χ3v) is 4.93. The summed E-state index contributed by atoms with van der Waals surface area (Å²) >= 11 is 0. The van der Waals surface area contributed by atoms with E-state index in [1.807, 2.05) is 0 Å². The highest BCUT2D eigenvalue weighted by molar-refractivity contribution is 5.74. The van der Waals surface area contributed by atoms with Gasteiger partial charge in [0.05, 0.1) is 0 Å². The molecule has 0 radical (unpaired) electrons. The lowest BCUT2D eigenvalue weighted by molar-refractivity contribution is 0.463. The minimum absolute atomic E-state index is 0.0430. The Balaban J connectivity index is 1.77. The van der Waals surface area contributed by atoms with Gasteiger partial charge in [0.25, 0.3) is 5.56 Å². The monoisotopic (exact) mass is 314 g/mol. The highest BCUT2D eigenvalue weighted by atomic mass is 16.1. The molecule has 2 atom stereocenters. The molecular weight excluding hydrogens is 288 g/mol. The molecule has 23 heavy (non-hydrogen) atoms. The van der Waals surface area contributed by atoms with Crippen molar-refractivity contribution in [2.45, 2.75) is 57.9 Å². The van der Waals surface area contributed by atoms with Gasteiger partial charge in [0.1, 0.15) is 5.65 Å². The van der Waals surface area contributed by atoms with Crippen LogP contribution in [-0.2, 0) is 7.05 Å². The fourth-order valence-corrected chi connectivity index (χ4v) is 3.43. The van der Waals surface area contributed by atoms with E-state index in [2.05, 4.69) is 22.2 Å². The maximum absolute atomic E-state index is 11.8. The minimum Gasteiger partial charge on any atom is -0.351 e. The maximum atomic E-state index is 11.8. The number of nitrogens with one attached hydrogen (secondary N) is 1. The molecule has 2 aromatic heterocycles. The van der Waals surface area contributed by atoms with Crippen molar-refractivity contribution in [3.8, 4) is 0 Å². The van der Waals surface area contributed by atoms with E-state index in [-0.39, 0.29) is 5.56 Å². The number of aryl methyl sites for hydroxylation is 1. The van der Waals surface area contributed by atoms with Gasteiger partial charge < -0.3 is 5.32 Å². The highest BCUT2D eigenvalue weighted by Crippen LogP contribution is 2.23. The summed E-state index contributed by atoms with van der Waals surface area (Å²) < 4.78 is 1.58. The molecule has 2 aromatic rings. The van der Waals surface area contributed by atoms with E-state index in [0.717, 1.165) is 11.3 Å². The van der Waals surface area contributed by atoms with Gasteiger partial charge in [-0.05, 0) is 24.8 Å². The summed E-state index contributed by atoms with van der Waals surface area (Å²) in [6, 6.07) is 3.76. The third-order valence-electron chi connectivity index (χ3n) is 4.93. The second kappa shape index (κ2) is 7.11.